The van der Waals surface area contributed by atoms with E-state index >= 15 is 0 Å². The van der Waals surface area contributed by atoms with Gasteiger partial charge in [-0.15, -0.1) is 0 Å². The van der Waals surface area contributed by atoms with Crippen LogP contribution in [0.15, 0.2) is 53.8 Å². The fourth-order valence-electron chi connectivity index (χ4n) is 6.60. The summed E-state index contributed by atoms with van der Waals surface area (Å²) in [6, 6.07) is 12.5. The predicted molar refractivity (Wildman–Crippen MR) is 146 cm³/mol. The second-order valence-electron chi connectivity index (χ2n) is 11.4. The molecule has 194 valence electrons. The number of hydrogen-bond donors (Lipinski definition) is 1. The molecule has 8 heteroatoms. The van der Waals surface area contributed by atoms with Gasteiger partial charge in [-0.1, -0.05) is 18.2 Å². The molecule has 0 radical (unpaired) electrons. The van der Waals surface area contributed by atoms with Crippen molar-refractivity contribution >= 4 is 24.0 Å². The maximum atomic E-state index is 13.5. The highest BCUT2D eigenvalue weighted by molar-refractivity contribution is 5.97. The minimum atomic E-state index is -0.881. The molecule has 7 nitrogen and oxygen atoms in total. The largest absolute Gasteiger partial charge is 0.361 e. The molecular weight excluding hydrogens is 479 g/mol. The fraction of sp³-hybridized carbons (Fsp3) is 0.400. The Morgan fingerprint density at radius 2 is 1.89 bits per heavy atom. The lowest BCUT2D eigenvalue weighted by atomic mass is 9.75. The first kappa shape index (κ1) is 23.5. The van der Waals surface area contributed by atoms with Gasteiger partial charge in [0.05, 0.1) is 29.0 Å². The summed E-state index contributed by atoms with van der Waals surface area (Å²) < 4.78 is 13.5. The number of alkyl halides is 1. The molecule has 2 saturated carbocycles. The molecule has 2 bridgehead atoms. The quantitative estimate of drug-likeness (QED) is 0.486. The molecule has 3 fully saturated rings. The average Bonchev–Trinajstić information content (AvgIpc) is 3.69. The molecule has 1 aromatic heterocycles. The normalized spacial score (nSPS) is 28.1. The Kier molecular flexibility index (Phi) is 5.20. The van der Waals surface area contributed by atoms with E-state index in [4.69, 9.17) is 5.73 Å². The molecule has 2 aromatic carbocycles. The number of nitrogens with two attached hydrogens (primary N) is 1. The summed E-state index contributed by atoms with van der Waals surface area (Å²) in [5.74, 6) is 1.14. The van der Waals surface area contributed by atoms with Crippen LogP contribution in [-0.4, -0.2) is 53.3 Å². The second-order valence-corrected chi connectivity index (χ2v) is 11.4. The van der Waals surface area contributed by atoms with Gasteiger partial charge in [0.2, 0.25) is 0 Å². The molecule has 2 aliphatic carbocycles. The molecule has 3 aromatic rings. The van der Waals surface area contributed by atoms with E-state index in [2.05, 4.69) is 38.7 Å². The lowest BCUT2D eigenvalue weighted by molar-refractivity contribution is 0.0749. The van der Waals surface area contributed by atoms with Gasteiger partial charge in [-0.05, 0) is 66.8 Å². The van der Waals surface area contributed by atoms with Crippen molar-refractivity contribution in [2.24, 2.45) is 10.7 Å². The van der Waals surface area contributed by atoms with Gasteiger partial charge in [-0.3, -0.25) is 9.79 Å². The van der Waals surface area contributed by atoms with Crippen LogP contribution in [0.4, 0.5) is 15.8 Å². The summed E-state index contributed by atoms with van der Waals surface area (Å²) in [6.45, 7) is 4.58. The van der Waals surface area contributed by atoms with E-state index in [1.165, 1.54) is 24.0 Å². The van der Waals surface area contributed by atoms with Gasteiger partial charge in [0, 0.05) is 50.0 Å². The molecule has 38 heavy (non-hydrogen) atoms. The third-order valence-corrected chi connectivity index (χ3v) is 8.92. The van der Waals surface area contributed by atoms with Crippen LogP contribution in [0, 0.1) is 0 Å². The lowest BCUT2D eigenvalue weighted by Gasteiger charge is -2.39. The maximum absolute atomic E-state index is 13.5. The monoisotopic (exact) mass is 510 g/mol. The van der Waals surface area contributed by atoms with Crippen LogP contribution in [-0.2, 0) is 5.54 Å². The Morgan fingerprint density at radius 3 is 2.58 bits per heavy atom. The molecular formula is C30H31FN6O. The molecule has 4 aliphatic rings. The highest BCUT2D eigenvalue weighted by Crippen LogP contribution is 2.51. The van der Waals surface area contributed by atoms with Crippen LogP contribution >= 0.6 is 0 Å². The van der Waals surface area contributed by atoms with Crippen LogP contribution in [0.5, 0.6) is 0 Å². The number of aromatic nitrogens is 2. The van der Waals surface area contributed by atoms with Crippen molar-refractivity contribution in [2.75, 3.05) is 18.5 Å². The molecule has 2 aliphatic heterocycles. The van der Waals surface area contributed by atoms with E-state index in [0.717, 1.165) is 41.0 Å². The number of carbonyl (C=O) groups is 1. The number of hydrogen-bond acceptors (Lipinski definition) is 6. The van der Waals surface area contributed by atoms with Gasteiger partial charge in [-0.25, -0.2) is 14.4 Å². The van der Waals surface area contributed by atoms with Crippen molar-refractivity contribution in [3.8, 4) is 11.1 Å². The van der Waals surface area contributed by atoms with Crippen LogP contribution in [0.1, 0.15) is 71.4 Å². The SMILES string of the molecule is C=Nc1ccc(-c2cnc(C3(N)CC(F)C3)nc2)cc1N1CC2CC1c1c(cccc1C1CC1)C(=O)N2C. The number of aliphatic imine (C=N–C) groups is 1. The van der Waals surface area contributed by atoms with Crippen LogP contribution in [0.2, 0.25) is 0 Å². The van der Waals surface area contributed by atoms with Gasteiger partial charge in [-0.2, -0.15) is 0 Å². The number of halogens is 1. The molecule has 2 atom stereocenters. The predicted octanol–water partition coefficient (Wildman–Crippen LogP) is 5.04. The fourth-order valence-corrected chi connectivity index (χ4v) is 6.60. The van der Waals surface area contributed by atoms with E-state index in [0.29, 0.717) is 11.7 Å². The third-order valence-electron chi connectivity index (χ3n) is 8.92. The van der Waals surface area contributed by atoms with Crippen LogP contribution in [0.3, 0.4) is 0 Å². The molecule has 1 amide bonds. The summed E-state index contributed by atoms with van der Waals surface area (Å²) in [4.78, 5) is 31.1. The third kappa shape index (κ3) is 3.57. The van der Waals surface area contributed by atoms with Gasteiger partial charge in [0.1, 0.15) is 12.0 Å². The summed E-state index contributed by atoms with van der Waals surface area (Å²) >= 11 is 0. The Morgan fingerprint density at radius 1 is 1.13 bits per heavy atom. The molecule has 0 spiro atoms. The highest BCUT2D eigenvalue weighted by atomic mass is 19.1. The first-order valence-corrected chi connectivity index (χ1v) is 13.4. The summed E-state index contributed by atoms with van der Waals surface area (Å²) in [5, 5.41) is 0. The van der Waals surface area contributed by atoms with Crippen LogP contribution in [0.25, 0.3) is 11.1 Å². The van der Waals surface area contributed by atoms with Gasteiger partial charge < -0.3 is 15.5 Å². The number of benzene rings is 2. The second kappa shape index (κ2) is 8.43. The molecule has 2 unspecified atom stereocenters. The van der Waals surface area contributed by atoms with E-state index in [9.17, 15) is 9.18 Å². The van der Waals surface area contributed by atoms with E-state index in [-0.39, 0.29) is 30.8 Å². The molecule has 7 rings (SSSR count). The zero-order valence-corrected chi connectivity index (χ0v) is 21.5. The van der Waals surface area contributed by atoms with E-state index in [1.807, 2.05) is 36.2 Å². The Hall–Kier alpha value is -3.65. The first-order valence-electron chi connectivity index (χ1n) is 13.4. The number of rotatable bonds is 5. The average molecular weight is 511 g/mol. The Bertz CT molecular complexity index is 1450. The minimum Gasteiger partial charge on any atom is -0.361 e. The Balaban J connectivity index is 1.29. The van der Waals surface area contributed by atoms with E-state index < -0.39 is 11.7 Å². The summed E-state index contributed by atoms with van der Waals surface area (Å²) in [7, 11) is 1.92. The molecule has 2 N–H and O–H groups in total. The summed E-state index contributed by atoms with van der Waals surface area (Å²) in [5.41, 5.74) is 12.4. The van der Waals surface area contributed by atoms with Crippen molar-refractivity contribution < 1.29 is 9.18 Å². The lowest BCUT2D eigenvalue weighted by Crippen LogP contribution is -2.51. The van der Waals surface area contributed by atoms with Crippen molar-refractivity contribution in [2.45, 2.75) is 61.8 Å². The number of nitrogens with zero attached hydrogens (tertiary/aromatic N) is 5. The minimum absolute atomic E-state index is 0.0828. The maximum Gasteiger partial charge on any atom is 0.254 e. The van der Waals surface area contributed by atoms with Gasteiger partial charge >= 0.3 is 0 Å². The number of fused-ring (bicyclic) bond motifs is 4. The van der Waals surface area contributed by atoms with Crippen molar-refractivity contribution in [3.05, 3.63) is 71.3 Å². The number of anilines is 1. The highest BCUT2D eigenvalue weighted by Gasteiger charge is 2.46. The number of amides is 1. The van der Waals surface area contributed by atoms with Crippen molar-refractivity contribution in [1.29, 1.82) is 0 Å². The van der Waals surface area contributed by atoms with E-state index in [1.54, 1.807) is 12.4 Å². The summed E-state index contributed by atoms with van der Waals surface area (Å²) in [6.07, 6.45) is 6.41. The van der Waals surface area contributed by atoms with Crippen molar-refractivity contribution in [3.63, 3.8) is 0 Å². The Labute approximate surface area is 221 Å². The van der Waals surface area contributed by atoms with Crippen LogP contribution < -0.4 is 10.6 Å². The molecule has 3 heterocycles. The zero-order valence-electron chi connectivity index (χ0n) is 21.5. The first-order chi connectivity index (χ1) is 18.4. The smallest absolute Gasteiger partial charge is 0.254 e. The molecule has 1 saturated heterocycles. The van der Waals surface area contributed by atoms with Gasteiger partial charge in [0.25, 0.3) is 5.91 Å². The topological polar surface area (TPSA) is 87.7 Å². The number of likely N-dealkylation sites (N-methyl/N-ethyl adjacent to an activating group) is 1. The number of carbonyl (C=O) groups excluding carboxylic acids is 1. The standard InChI is InChI=1S/C30H31FN6O/c1-33-24-9-8-18(19-14-34-29(35-15-19)30(32)12-20(31)13-30)10-25(24)37-16-21-11-26(37)27-22(17-6-7-17)4-3-5-23(27)28(38)36(21)2/h3-5,8-10,14-15,17,20-21,26H,1,6-7,11-13,16,32H2,2H3. The van der Waals surface area contributed by atoms with Crippen molar-refractivity contribution in [1.82, 2.24) is 14.9 Å². The zero-order chi connectivity index (χ0) is 26.2. The van der Waals surface area contributed by atoms with Gasteiger partial charge in [0.15, 0.2) is 0 Å².